The molecule has 2 atom stereocenters. The number of carbonyl (C=O) groups is 1. The van der Waals surface area contributed by atoms with Crippen LogP contribution < -0.4 is 5.73 Å². The predicted octanol–water partition coefficient (Wildman–Crippen LogP) is 3.94. The molecule has 3 aromatic rings. The zero-order valence-corrected chi connectivity index (χ0v) is 14.5. The molecule has 0 spiro atoms. The fourth-order valence-corrected chi connectivity index (χ4v) is 3.32. The summed E-state index contributed by atoms with van der Waals surface area (Å²) >= 11 is 0. The van der Waals surface area contributed by atoms with Crippen LogP contribution in [0.25, 0.3) is 10.8 Å². The SMILES string of the molecule is CC([NH3+])c1cc(CCC(C(=O)O)c2ccccc2)c2ccccc2c1. The maximum atomic E-state index is 11.7. The Morgan fingerprint density at radius 2 is 1.68 bits per heavy atom. The maximum absolute atomic E-state index is 11.7. The Morgan fingerprint density at radius 3 is 2.36 bits per heavy atom. The molecular weight excluding hydrogens is 310 g/mol. The molecule has 0 aromatic heterocycles. The summed E-state index contributed by atoms with van der Waals surface area (Å²) in [6, 6.07) is 22.3. The minimum atomic E-state index is -0.766. The fourth-order valence-electron chi connectivity index (χ4n) is 3.32. The molecule has 2 unspecified atom stereocenters. The van der Waals surface area contributed by atoms with Gasteiger partial charge >= 0.3 is 5.97 Å². The fraction of sp³-hybridized carbons (Fsp3) is 0.227. The van der Waals surface area contributed by atoms with Gasteiger partial charge in [-0.2, -0.15) is 0 Å². The highest BCUT2D eigenvalue weighted by Gasteiger charge is 2.20. The smallest absolute Gasteiger partial charge is 0.310 e. The topological polar surface area (TPSA) is 64.9 Å². The van der Waals surface area contributed by atoms with Crippen molar-refractivity contribution in [2.75, 3.05) is 0 Å². The molecule has 0 bridgehead atoms. The number of carboxylic acids is 1. The van der Waals surface area contributed by atoms with E-state index in [0.29, 0.717) is 6.42 Å². The highest BCUT2D eigenvalue weighted by Crippen LogP contribution is 2.28. The number of quaternary nitrogens is 1. The summed E-state index contributed by atoms with van der Waals surface area (Å²) in [5.74, 6) is -1.25. The number of benzene rings is 3. The monoisotopic (exact) mass is 334 g/mol. The predicted molar refractivity (Wildman–Crippen MR) is 100 cm³/mol. The Bertz CT molecular complexity index is 872. The summed E-state index contributed by atoms with van der Waals surface area (Å²) in [6.45, 7) is 2.08. The van der Waals surface area contributed by atoms with Crippen LogP contribution >= 0.6 is 0 Å². The highest BCUT2D eigenvalue weighted by atomic mass is 16.4. The number of rotatable bonds is 6. The zero-order valence-electron chi connectivity index (χ0n) is 14.5. The molecule has 0 saturated carbocycles. The van der Waals surface area contributed by atoms with Crippen molar-refractivity contribution in [1.29, 1.82) is 0 Å². The van der Waals surface area contributed by atoms with Gasteiger partial charge in [-0.05, 0) is 53.8 Å². The third-order valence-corrected chi connectivity index (χ3v) is 4.74. The van der Waals surface area contributed by atoms with E-state index in [4.69, 9.17) is 0 Å². The second-order valence-corrected chi connectivity index (χ2v) is 6.64. The second-order valence-electron chi connectivity index (χ2n) is 6.64. The van der Waals surface area contributed by atoms with Crippen molar-refractivity contribution in [3.8, 4) is 0 Å². The minimum Gasteiger partial charge on any atom is -0.481 e. The van der Waals surface area contributed by atoms with Gasteiger partial charge in [0.15, 0.2) is 0 Å². The van der Waals surface area contributed by atoms with E-state index in [1.807, 2.05) is 42.5 Å². The maximum Gasteiger partial charge on any atom is 0.310 e. The van der Waals surface area contributed by atoms with Crippen molar-refractivity contribution in [2.45, 2.75) is 31.7 Å². The van der Waals surface area contributed by atoms with Crippen molar-refractivity contribution in [2.24, 2.45) is 0 Å². The van der Waals surface area contributed by atoms with Crippen LogP contribution in [0.5, 0.6) is 0 Å². The van der Waals surface area contributed by atoms with Gasteiger partial charge in [0.1, 0.15) is 6.04 Å². The molecular formula is C22H24NO2+. The van der Waals surface area contributed by atoms with Gasteiger partial charge in [0, 0.05) is 5.56 Å². The summed E-state index contributed by atoms with van der Waals surface area (Å²) in [5.41, 5.74) is 7.39. The summed E-state index contributed by atoms with van der Waals surface area (Å²) in [7, 11) is 0. The Morgan fingerprint density at radius 1 is 1.00 bits per heavy atom. The summed E-state index contributed by atoms with van der Waals surface area (Å²) in [4.78, 5) is 11.7. The minimum absolute atomic E-state index is 0.202. The molecule has 0 saturated heterocycles. The van der Waals surface area contributed by atoms with Crippen LogP contribution in [0.15, 0.2) is 66.7 Å². The van der Waals surface area contributed by atoms with Crippen molar-refractivity contribution in [3.05, 3.63) is 83.4 Å². The van der Waals surface area contributed by atoms with E-state index in [1.165, 1.54) is 21.9 Å². The lowest BCUT2D eigenvalue weighted by molar-refractivity contribution is -0.420. The van der Waals surface area contributed by atoms with Crippen LogP contribution in [0.2, 0.25) is 0 Å². The van der Waals surface area contributed by atoms with E-state index in [0.717, 1.165) is 12.0 Å². The highest BCUT2D eigenvalue weighted by molar-refractivity contribution is 5.86. The van der Waals surface area contributed by atoms with Gasteiger partial charge in [0.05, 0.1) is 5.92 Å². The van der Waals surface area contributed by atoms with E-state index in [2.05, 4.69) is 36.9 Å². The Labute approximate surface area is 148 Å². The lowest BCUT2D eigenvalue weighted by Crippen LogP contribution is -2.51. The molecule has 0 heterocycles. The van der Waals surface area contributed by atoms with E-state index in [-0.39, 0.29) is 6.04 Å². The summed E-state index contributed by atoms with van der Waals surface area (Å²) in [6.07, 6.45) is 1.31. The van der Waals surface area contributed by atoms with Gasteiger partial charge in [0.2, 0.25) is 0 Å². The van der Waals surface area contributed by atoms with Crippen molar-refractivity contribution >= 4 is 16.7 Å². The molecule has 0 radical (unpaired) electrons. The van der Waals surface area contributed by atoms with Gasteiger partial charge in [-0.3, -0.25) is 4.79 Å². The summed E-state index contributed by atoms with van der Waals surface area (Å²) < 4.78 is 0. The second kappa shape index (κ2) is 7.49. The quantitative estimate of drug-likeness (QED) is 0.717. The van der Waals surface area contributed by atoms with E-state index >= 15 is 0 Å². The average Bonchev–Trinajstić information content (AvgIpc) is 2.62. The lowest BCUT2D eigenvalue weighted by atomic mass is 9.89. The van der Waals surface area contributed by atoms with Gasteiger partial charge in [-0.15, -0.1) is 0 Å². The van der Waals surface area contributed by atoms with E-state index in [9.17, 15) is 9.90 Å². The van der Waals surface area contributed by atoms with Crippen LogP contribution in [0, 0.1) is 0 Å². The van der Waals surface area contributed by atoms with Crippen LogP contribution in [-0.2, 0) is 11.2 Å². The summed E-state index contributed by atoms with van der Waals surface area (Å²) in [5, 5.41) is 12.0. The van der Waals surface area contributed by atoms with Gasteiger partial charge < -0.3 is 10.8 Å². The number of aryl methyl sites for hydroxylation is 1. The number of aliphatic carboxylic acids is 1. The van der Waals surface area contributed by atoms with Crippen LogP contribution in [0.1, 0.15) is 42.0 Å². The van der Waals surface area contributed by atoms with Gasteiger partial charge in [0.25, 0.3) is 0 Å². The van der Waals surface area contributed by atoms with Crippen LogP contribution in [0.4, 0.5) is 0 Å². The van der Waals surface area contributed by atoms with Gasteiger partial charge in [-0.1, -0.05) is 54.6 Å². The molecule has 0 amide bonds. The van der Waals surface area contributed by atoms with E-state index < -0.39 is 11.9 Å². The van der Waals surface area contributed by atoms with Gasteiger partial charge in [-0.25, -0.2) is 0 Å². The Hall–Kier alpha value is -2.65. The number of fused-ring (bicyclic) bond motifs is 1. The molecule has 3 nitrogen and oxygen atoms in total. The zero-order chi connectivity index (χ0) is 17.8. The first-order valence-corrected chi connectivity index (χ1v) is 8.68. The average molecular weight is 334 g/mol. The standard InChI is InChI=1S/C22H23NO2/c1-15(23)19-13-17-9-5-6-10-20(17)18(14-19)11-12-21(22(24)25)16-7-3-2-4-8-16/h2-10,13-15,21H,11-12,23H2,1H3,(H,24,25)/p+1. The molecule has 3 aromatic carbocycles. The molecule has 3 rings (SSSR count). The molecule has 0 fully saturated rings. The van der Waals surface area contributed by atoms with Crippen molar-refractivity contribution < 1.29 is 15.6 Å². The molecule has 25 heavy (non-hydrogen) atoms. The first kappa shape index (κ1) is 17.2. The van der Waals surface area contributed by atoms with Crippen molar-refractivity contribution in [3.63, 3.8) is 0 Å². The van der Waals surface area contributed by atoms with Crippen LogP contribution in [-0.4, -0.2) is 11.1 Å². The normalized spacial score (nSPS) is 13.5. The van der Waals surface area contributed by atoms with E-state index in [1.54, 1.807) is 0 Å². The third kappa shape index (κ3) is 3.89. The molecule has 0 aliphatic rings. The Kier molecular flexibility index (Phi) is 5.15. The molecule has 0 aliphatic heterocycles. The largest absolute Gasteiger partial charge is 0.481 e. The van der Waals surface area contributed by atoms with Crippen LogP contribution in [0.3, 0.4) is 0 Å². The molecule has 0 aliphatic carbocycles. The molecule has 4 N–H and O–H groups in total. The molecule has 128 valence electrons. The third-order valence-electron chi connectivity index (χ3n) is 4.74. The Balaban J connectivity index is 1.92. The number of carboxylic acid groups (broad SMARTS) is 1. The molecule has 3 heteroatoms. The number of hydrogen-bond donors (Lipinski definition) is 2. The lowest BCUT2D eigenvalue weighted by Gasteiger charge is -2.15. The first-order chi connectivity index (χ1) is 12.1. The first-order valence-electron chi connectivity index (χ1n) is 8.68. The number of hydrogen-bond acceptors (Lipinski definition) is 1. The van der Waals surface area contributed by atoms with Crippen molar-refractivity contribution in [1.82, 2.24) is 0 Å².